The van der Waals surface area contributed by atoms with Crippen molar-refractivity contribution in [2.45, 2.75) is 25.8 Å². The number of amides is 3. The SMILES string of the molecule is Cn1c(=O)c2[nH]c(CNC(=O)CCN3C(=O)CCC3=O)nc2n(C)c1=O. The van der Waals surface area contributed by atoms with Gasteiger partial charge in [-0.25, -0.2) is 9.78 Å². The third-order valence-corrected chi connectivity index (χ3v) is 4.31. The molecule has 3 heterocycles. The molecule has 2 aromatic heterocycles. The van der Waals surface area contributed by atoms with Crippen LogP contribution in [0.3, 0.4) is 0 Å². The van der Waals surface area contributed by atoms with Gasteiger partial charge in [-0.1, -0.05) is 0 Å². The highest BCUT2D eigenvalue weighted by molar-refractivity contribution is 6.02. The van der Waals surface area contributed by atoms with Gasteiger partial charge in [0.05, 0.1) is 6.54 Å². The number of nitrogens with zero attached hydrogens (tertiary/aromatic N) is 4. The number of aryl methyl sites for hydroxylation is 1. The van der Waals surface area contributed by atoms with E-state index in [2.05, 4.69) is 15.3 Å². The van der Waals surface area contributed by atoms with Gasteiger partial charge in [0.15, 0.2) is 5.65 Å². The maximum atomic E-state index is 12.1. The predicted molar refractivity (Wildman–Crippen MR) is 89.0 cm³/mol. The number of aromatic amines is 1. The van der Waals surface area contributed by atoms with E-state index in [0.717, 1.165) is 9.47 Å². The number of nitrogens with one attached hydrogen (secondary N) is 2. The summed E-state index contributed by atoms with van der Waals surface area (Å²) in [5.41, 5.74) is -0.619. The summed E-state index contributed by atoms with van der Waals surface area (Å²) in [4.78, 5) is 66.9. The van der Waals surface area contributed by atoms with Gasteiger partial charge in [-0.15, -0.1) is 0 Å². The van der Waals surface area contributed by atoms with Gasteiger partial charge < -0.3 is 10.3 Å². The molecule has 26 heavy (non-hydrogen) atoms. The molecule has 0 atom stereocenters. The molecule has 11 heteroatoms. The number of H-pyrrole nitrogens is 1. The number of carbonyl (C=O) groups excluding carboxylic acids is 3. The van der Waals surface area contributed by atoms with E-state index in [9.17, 15) is 24.0 Å². The van der Waals surface area contributed by atoms with Crippen LogP contribution < -0.4 is 16.6 Å². The Bertz CT molecular complexity index is 1010. The van der Waals surface area contributed by atoms with Gasteiger partial charge in [-0.05, 0) is 0 Å². The van der Waals surface area contributed by atoms with Gasteiger partial charge in [0.25, 0.3) is 5.56 Å². The summed E-state index contributed by atoms with van der Waals surface area (Å²) in [6.07, 6.45) is 0.359. The predicted octanol–water partition coefficient (Wildman–Crippen LogP) is -1.88. The molecule has 0 bridgehead atoms. The highest BCUT2D eigenvalue weighted by atomic mass is 16.2. The number of carbonyl (C=O) groups is 3. The van der Waals surface area contributed by atoms with Crippen LogP contribution in [0.25, 0.3) is 11.2 Å². The lowest BCUT2D eigenvalue weighted by atomic mass is 10.3. The molecule has 138 valence electrons. The van der Waals surface area contributed by atoms with E-state index in [0.29, 0.717) is 5.82 Å². The summed E-state index contributed by atoms with van der Waals surface area (Å²) in [6.45, 7) is 0.0609. The first-order valence-electron chi connectivity index (χ1n) is 8.04. The van der Waals surface area contributed by atoms with Crippen molar-refractivity contribution in [1.29, 1.82) is 0 Å². The Morgan fingerprint density at radius 3 is 2.42 bits per heavy atom. The summed E-state index contributed by atoms with van der Waals surface area (Å²) < 4.78 is 2.20. The Balaban J connectivity index is 1.65. The largest absolute Gasteiger partial charge is 0.349 e. The number of hydrogen-bond donors (Lipinski definition) is 2. The van der Waals surface area contributed by atoms with Crippen molar-refractivity contribution in [2.75, 3.05) is 6.54 Å². The average Bonchev–Trinajstić information content (AvgIpc) is 3.18. The molecule has 1 aliphatic rings. The maximum absolute atomic E-state index is 12.1. The van der Waals surface area contributed by atoms with E-state index < -0.39 is 11.2 Å². The smallest absolute Gasteiger partial charge is 0.332 e. The van der Waals surface area contributed by atoms with Crippen LogP contribution >= 0.6 is 0 Å². The molecule has 11 nitrogen and oxygen atoms in total. The van der Waals surface area contributed by atoms with Gasteiger partial charge in [-0.2, -0.15) is 0 Å². The Morgan fingerprint density at radius 1 is 1.12 bits per heavy atom. The van der Waals surface area contributed by atoms with Crippen molar-refractivity contribution >= 4 is 28.9 Å². The monoisotopic (exact) mass is 362 g/mol. The van der Waals surface area contributed by atoms with E-state index in [4.69, 9.17) is 0 Å². The Hall–Kier alpha value is -3.24. The van der Waals surface area contributed by atoms with Crippen molar-refractivity contribution in [3.8, 4) is 0 Å². The average molecular weight is 362 g/mol. The van der Waals surface area contributed by atoms with Crippen LogP contribution in [-0.4, -0.2) is 48.3 Å². The number of likely N-dealkylation sites (tertiary alicyclic amines) is 1. The van der Waals surface area contributed by atoms with Crippen molar-refractivity contribution in [3.05, 3.63) is 26.7 Å². The molecule has 1 aliphatic heterocycles. The molecule has 3 amide bonds. The minimum atomic E-state index is -0.501. The minimum absolute atomic E-state index is 0.0159. The molecule has 0 saturated carbocycles. The third kappa shape index (κ3) is 3.03. The maximum Gasteiger partial charge on any atom is 0.332 e. The summed E-state index contributed by atoms with van der Waals surface area (Å²) >= 11 is 0. The first kappa shape index (κ1) is 17.6. The summed E-state index contributed by atoms with van der Waals surface area (Å²) in [7, 11) is 2.87. The van der Waals surface area contributed by atoms with E-state index in [-0.39, 0.29) is 61.2 Å². The number of fused-ring (bicyclic) bond motifs is 1. The number of imide groups is 1. The molecule has 2 N–H and O–H groups in total. The van der Waals surface area contributed by atoms with Crippen LogP contribution in [-0.2, 0) is 35.0 Å². The zero-order valence-electron chi connectivity index (χ0n) is 14.4. The van der Waals surface area contributed by atoms with Crippen LogP contribution in [0, 0.1) is 0 Å². The fraction of sp³-hybridized carbons (Fsp3) is 0.467. The van der Waals surface area contributed by atoms with Gasteiger partial charge >= 0.3 is 5.69 Å². The van der Waals surface area contributed by atoms with Gasteiger partial charge in [0.1, 0.15) is 11.3 Å². The van der Waals surface area contributed by atoms with Crippen LogP contribution in [0.5, 0.6) is 0 Å². The Kier molecular flexibility index (Phi) is 4.45. The molecule has 0 aromatic carbocycles. The standard InChI is InChI=1S/C15H18N6O5/c1-19-13-12(14(25)20(2)15(19)26)17-8(18-13)7-16-9(22)5-6-21-10(23)3-4-11(21)24/h3-7H2,1-2H3,(H,16,22)(H,17,18). The van der Waals surface area contributed by atoms with E-state index >= 15 is 0 Å². The lowest BCUT2D eigenvalue weighted by Crippen LogP contribution is -2.36. The molecule has 3 rings (SSSR count). The highest BCUT2D eigenvalue weighted by Crippen LogP contribution is 2.11. The van der Waals surface area contributed by atoms with E-state index in [1.807, 2.05) is 0 Å². The zero-order chi connectivity index (χ0) is 19.0. The molecular formula is C15H18N6O5. The number of hydrogen-bond acceptors (Lipinski definition) is 6. The van der Waals surface area contributed by atoms with Crippen molar-refractivity contribution < 1.29 is 14.4 Å². The second-order valence-corrected chi connectivity index (χ2v) is 6.05. The molecule has 0 spiro atoms. The topological polar surface area (TPSA) is 139 Å². The Labute approximate surface area is 146 Å². The molecule has 2 aromatic rings. The number of rotatable bonds is 5. The summed E-state index contributed by atoms with van der Waals surface area (Å²) in [6, 6.07) is 0. The second kappa shape index (κ2) is 6.58. The van der Waals surface area contributed by atoms with Crippen LogP contribution in [0.1, 0.15) is 25.1 Å². The lowest BCUT2D eigenvalue weighted by Gasteiger charge is -2.12. The number of aromatic nitrogens is 4. The van der Waals surface area contributed by atoms with Crippen molar-refractivity contribution in [1.82, 2.24) is 29.3 Å². The van der Waals surface area contributed by atoms with E-state index in [1.54, 1.807) is 0 Å². The van der Waals surface area contributed by atoms with Gasteiger partial charge in [-0.3, -0.25) is 33.2 Å². The summed E-state index contributed by atoms with van der Waals surface area (Å²) in [5.74, 6) is -0.576. The summed E-state index contributed by atoms with van der Waals surface area (Å²) in [5, 5.41) is 2.60. The van der Waals surface area contributed by atoms with Crippen LogP contribution in [0.15, 0.2) is 9.59 Å². The van der Waals surface area contributed by atoms with Gasteiger partial charge in [0, 0.05) is 39.9 Å². The van der Waals surface area contributed by atoms with Crippen molar-refractivity contribution in [3.63, 3.8) is 0 Å². The minimum Gasteiger partial charge on any atom is -0.349 e. The fourth-order valence-electron chi connectivity index (χ4n) is 2.81. The fourth-order valence-corrected chi connectivity index (χ4v) is 2.81. The molecule has 0 aliphatic carbocycles. The second-order valence-electron chi connectivity index (χ2n) is 6.05. The quantitative estimate of drug-likeness (QED) is 0.597. The van der Waals surface area contributed by atoms with Crippen LogP contribution in [0.4, 0.5) is 0 Å². The lowest BCUT2D eigenvalue weighted by molar-refractivity contribution is -0.138. The molecule has 0 unspecified atom stereocenters. The molecular weight excluding hydrogens is 344 g/mol. The first-order chi connectivity index (χ1) is 12.3. The number of imidazole rings is 1. The van der Waals surface area contributed by atoms with Crippen LogP contribution in [0.2, 0.25) is 0 Å². The van der Waals surface area contributed by atoms with Crippen molar-refractivity contribution in [2.24, 2.45) is 14.1 Å². The molecule has 1 saturated heterocycles. The molecule has 1 fully saturated rings. The van der Waals surface area contributed by atoms with Gasteiger partial charge in [0.2, 0.25) is 17.7 Å². The third-order valence-electron chi connectivity index (χ3n) is 4.31. The normalized spacial score (nSPS) is 14.5. The highest BCUT2D eigenvalue weighted by Gasteiger charge is 2.28. The Morgan fingerprint density at radius 2 is 1.77 bits per heavy atom. The van der Waals surface area contributed by atoms with E-state index in [1.165, 1.54) is 18.7 Å². The molecule has 0 radical (unpaired) electrons. The zero-order valence-corrected chi connectivity index (χ0v) is 14.4. The first-order valence-corrected chi connectivity index (χ1v) is 8.04.